The fourth-order valence-corrected chi connectivity index (χ4v) is 2.52. The van der Waals surface area contributed by atoms with Gasteiger partial charge in [0, 0.05) is 6.04 Å². The van der Waals surface area contributed by atoms with Gasteiger partial charge in [0.2, 0.25) is 5.91 Å². The summed E-state index contributed by atoms with van der Waals surface area (Å²) in [7, 11) is 1.65. The molecule has 3 N–H and O–H groups in total. The molecular weight excluding hydrogens is 286 g/mol. The van der Waals surface area contributed by atoms with Crippen molar-refractivity contribution in [2.75, 3.05) is 7.11 Å². The zero-order valence-electron chi connectivity index (χ0n) is 13.0. The molecule has 1 saturated carbocycles. The van der Waals surface area contributed by atoms with Crippen LogP contribution in [0, 0.1) is 6.92 Å². The minimum Gasteiger partial charge on any atom is -0.497 e. The molecule has 122 valence electrons. The van der Waals surface area contributed by atoms with Crippen LogP contribution in [0.3, 0.4) is 0 Å². The lowest BCUT2D eigenvalue weighted by Gasteiger charge is -2.13. The van der Waals surface area contributed by atoms with Gasteiger partial charge in [0.25, 0.3) is 0 Å². The first-order chi connectivity index (χ1) is 10.4. The summed E-state index contributed by atoms with van der Waals surface area (Å²) >= 11 is 0. The maximum absolute atomic E-state index is 11.9. The number of rotatable bonds is 4. The van der Waals surface area contributed by atoms with E-state index in [1.165, 1.54) is 12.8 Å². The number of carbonyl (C=O) groups is 2. The second-order valence-corrected chi connectivity index (χ2v) is 5.30. The van der Waals surface area contributed by atoms with E-state index in [-0.39, 0.29) is 5.91 Å². The lowest BCUT2D eigenvalue weighted by Crippen LogP contribution is -2.33. The molecule has 0 heterocycles. The molecule has 1 aromatic carbocycles. The van der Waals surface area contributed by atoms with E-state index in [4.69, 9.17) is 19.7 Å². The molecule has 0 saturated heterocycles. The smallest absolute Gasteiger partial charge is 0.497 e. The summed E-state index contributed by atoms with van der Waals surface area (Å²) in [4.78, 5) is 20.5. The van der Waals surface area contributed by atoms with Gasteiger partial charge in [0.1, 0.15) is 5.75 Å². The monoisotopic (exact) mass is 309 g/mol. The minimum atomic E-state index is -1.83. The van der Waals surface area contributed by atoms with Crippen molar-refractivity contribution in [3.8, 4) is 5.75 Å². The predicted octanol–water partition coefficient (Wildman–Crippen LogP) is 2.83. The summed E-state index contributed by atoms with van der Waals surface area (Å²) in [6, 6.07) is 6.25. The highest BCUT2D eigenvalue weighted by Crippen LogP contribution is 2.19. The lowest BCUT2D eigenvalue weighted by atomic mass is 10.0. The van der Waals surface area contributed by atoms with Crippen molar-refractivity contribution in [1.82, 2.24) is 5.32 Å². The quantitative estimate of drug-likeness (QED) is 0.795. The van der Waals surface area contributed by atoms with Crippen molar-refractivity contribution in [2.24, 2.45) is 0 Å². The van der Waals surface area contributed by atoms with Gasteiger partial charge in [0.15, 0.2) is 0 Å². The van der Waals surface area contributed by atoms with Gasteiger partial charge in [-0.1, -0.05) is 18.9 Å². The van der Waals surface area contributed by atoms with E-state index in [2.05, 4.69) is 5.32 Å². The van der Waals surface area contributed by atoms with Gasteiger partial charge in [-0.2, -0.15) is 0 Å². The Kier molecular flexibility index (Phi) is 7.22. The van der Waals surface area contributed by atoms with E-state index in [0.29, 0.717) is 12.5 Å². The van der Waals surface area contributed by atoms with Crippen molar-refractivity contribution in [1.29, 1.82) is 0 Å². The molecule has 0 radical (unpaired) electrons. The van der Waals surface area contributed by atoms with Gasteiger partial charge in [-0.25, -0.2) is 4.79 Å². The minimum absolute atomic E-state index is 0.134. The van der Waals surface area contributed by atoms with Gasteiger partial charge < -0.3 is 20.3 Å². The van der Waals surface area contributed by atoms with Crippen molar-refractivity contribution >= 4 is 12.1 Å². The van der Waals surface area contributed by atoms with Gasteiger partial charge >= 0.3 is 6.16 Å². The zero-order valence-corrected chi connectivity index (χ0v) is 13.0. The van der Waals surface area contributed by atoms with Gasteiger partial charge in [0.05, 0.1) is 13.5 Å². The van der Waals surface area contributed by atoms with Crippen molar-refractivity contribution < 1.29 is 24.5 Å². The zero-order chi connectivity index (χ0) is 16.5. The molecular formula is C16H23NO5. The summed E-state index contributed by atoms with van der Waals surface area (Å²) in [5, 5.41) is 17.1. The van der Waals surface area contributed by atoms with Crippen LogP contribution in [0.5, 0.6) is 5.75 Å². The molecule has 0 unspecified atom stereocenters. The molecule has 22 heavy (non-hydrogen) atoms. The summed E-state index contributed by atoms with van der Waals surface area (Å²) < 4.78 is 5.16. The number of nitrogens with one attached hydrogen (secondary N) is 1. The van der Waals surface area contributed by atoms with Gasteiger partial charge in [-0.15, -0.1) is 0 Å². The van der Waals surface area contributed by atoms with Crippen LogP contribution in [0.4, 0.5) is 4.79 Å². The Balaban J connectivity index is 0.000000541. The van der Waals surface area contributed by atoms with Crippen LogP contribution < -0.4 is 10.1 Å². The maximum atomic E-state index is 11.9. The van der Waals surface area contributed by atoms with Gasteiger partial charge in [-0.05, 0) is 43.0 Å². The number of hydrogen-bond donors (Lipinski definition) is 3. The third kappa shape index (κ3) is 6.47. The standard InChI is InChI=1S/C15H21NO2.CH2O3/c1-11-9-14(18-2)8-7-12(11)10-15(17)16-13-5-3-4-6-13;2-1(3)4/h7-9,13H,3-6,10H2,1-2H3,(H,16,17);(H2,2,3,4). The number of amides is 1. The number of aryl methyl sites for hydroxylation is 1. The lowest BCUT2D eigenvalue weighted by molar-refractivity contribution is -0.121. The molecule has 2 rings (SSSR count). The second kappa shape index (κ2) is 8.92. The number of carbonyl (C=O) groups excluding carboxylic acids is 1. The molecule has 6 nitrogen and oxygen atoms in total. The molecule has 0 spiro atoms. The maximum Gasteiger partial charge on any atom is 0.503 e. The van der Waals surface area contributed by atoms with E-state index < -0.39 is 6.16 Å². The largest absolute Gasteiger partial charge is 0.503 e. The molecule has 1 aromatic rings. The molecule has 0 aromatic heterocycles. The molecule has 0 atom stereocenters. The van der Waals surface area contributed by atoms with Crippen molar-refractivity contribution in [2.45, 2.75) is 45.1 Å². The fraction of sp³-hybridized carbons (Fsp3) is 0.500. The number of methoxy groups -OCH3 is 1. The van der Waals surface area contributed by atoms with E-state index >= 15 is 0 Å². The molecule has 1 fully saturated rings. The van der Waals surface area contributed by atoms with E-state index in [1.54, 1.807) is 7.11 Å². The number of benzene rings is 1. The molecule has 6 heteroatoms. The van der Waals surface area contributed by atoms with Gasteiger partial charge in [-0.3, -0.25) is 4.79 Å². The van der Waals surface area contributed by atoms with Crippen LogP contribution in [0.25, 0.3) is 0 Å². The summed E-state index contributed by atoms with van der Waals surface area (Å²) in [5.74, 6) is 0.975. The predicted molar refractivity (Wildman–Crippen MR) is 82.5 cm³/mol. The van der Waals surface area contributed by atoms with Crippen LogP contribution in [-0.2, 0) is 11.2 Å². The Morgan fingerprint density at radius 2 is 1.86 bits per heavy atom. The SMILES string of the molecule is COc1ccc(CC(=O)NC2CCCC2)c(C)c1.O=C(O)O. The van der Waals surface area contributed by atoms with Crippen LogP contribution in [0.1, 0.15) is 36.8 Å². The molecule has 0 bridgehead atoms. The molecule has 1 amide bonds. The summed E-state index contributed by atoms with van der Waals surface area (Å²) in [6.45, 7) is 2.01. The first-order valence-corrected chi connectivity index (χ1v) is 7.27. The number of carboxylic acid groups (broad SMARTS) is 2. The molecule has 0 aliphatic heterocycles. The first-order valence-electron chi connectivity index (χ1n) is 7.27. The van der Waals surface area contributed by atoms with Crippen molar-refractivity contribution in [3.05, 3.63) is 29.3 Å². The average molecular weight is 309 g/mol. The Morgan fingerprint density at radius 1 is 1.27 bits per heavy atom. The van der Waals surface area contributed by atoms with Crippen LogP contribution >= 0.6 is 0 Å². The summed E-state index contributed by atoms with van der Waals surface area (Å²) in [5.41, 5.74) is 2.18. The second-order valence-electron chi connectivity index (χ2n) is 5.30. The number of hydrogen-bond acceptors (Lipinski definition) is 3. The van der Waals surface area contributed by atoms with Crippen LogP contribution in [0.15, 0.2) is 18.2 Å². The van der Waals surface area contributed by atoms with E-state index in [1.807, 2.05) is 25.1 Å². The van der Waals surface area contributed by atoms with E-state index in [0.717, 1.165) is 29.7 Å². The molecule has 1 aliphatic carbocycles. The Morgan fingerprint density at radius 3 is 2.36 bits per heavy atom. The summed E-state index contributed by atoms with van der Waals surface area (Å²) in [6.07, 6.45) is 3.38. The van der Waals surface area contributed by atoms with Crippen LogP contribution in [0.2, 0.25) is 0 Å². The molecule has 1 aliphatic rings. The van der Waals surface area contributed by atoms with Crippen molar-refractivity contribution in [3.63, 3.8) is 0 Å². The highest BCUT2D eigenvalue weighted by atomic mass is 16.6. The van der Waals surface area contributed by atoms with Crippen LogP contribution in [-0.4, -0.2) is 35.4 Å². The number of ether oxygens (including phenoxy) is 1. The average Bonchev–Trinajstić information content (AvgIpc) is 2.93. The Bertz CT molecular complexity index is 505. The first kappa shape index (κ1) is 17.8. The highest BCUT2D eigenvalue weighted by molar-refractivity contribution is 5.79. The normalized spacial score (nSPS) is 13.9. The Labute approximate surface area is 130 Å². The topological polar surface area (TPSA) is 95.9 Å². The highest BCUT2D eigenvalue weighted by Gasteiger charge is 2.17. The fourth-order valence-electron chi connectivity index (χ4n) is 2.52. The third-order valence-electron chi connectivity index (χ3n) is 3.62. The van der Waals surface area contributed by atoms with E-state index in [9.17, 15) is 4.79 Å². The Hall–Kier alpha value is -2.24. The third-order valence-corrected chi connectivity index (χ3v) is 3.62.